The lowest BCUT2D eigenvalue weighted by molar-refractivity contribution is -0.137. The van der Waals surface area contributed by atoms with Crippen molar-refractivity contribution in [3.63, 3.8) is 0 Å². The highest BCUT2D eigenvalue weighted by Crippen LogP contribution is 2.31. The van der Waals surface area contributed by atoms with Crippen molar-refractivity contribution in [1.82, 2.24) is 15.3 Å². The van der Waals surface area contributed by atoms with Crippen molar-refractivity contribution in [3.8, 4) is 0 Å². The molecule has 0 aliphatic heterocycles. The van der Waals surface area contributed by atoms with Crippen LogP contribution in [0.1, 0.15) is 39.1 Å². The zero-order valence-corrected chi connectivity index (χ0v) is 13.9. The number of alkyl halides is 3. The van der Waals surface area contributed by atoms with Gasteiger partial charge in [0.05, 0.1) is 17.3 Å². The number of hydrogen-bond acceptors (Lipinski definition) is 4. The summed E-state index contributed by atoms with van der Waals surface area (Å²) in [4.78, 5) is 20.2. The first-order valence-corrected chi connectivity index (χ1v) is 7.76. The molecule has 0 bridgehead atoms. The third kappa shape index (κ3) is 3.97. The average molecular weight is 379 g/mol. The number of carbonyl (C=O) groups excluding carboxylic acids is 1. The van der Waals surface area contributed by atoms with Crippen LogP contribution in [0.3, 0.4) is 0 Å². The van der Waals surface area contributed by atoms with E-state index in [0.29, 0.717) is 5.69 Å². The van der Waals surface area contributed by atoms with Gasteiger partial charge in [0.1, 0.15) is 11.5 Å². The number of aryl methyl sites for hydroxylation is 1. The van der Waals surface area contributed by atoms with Crippen molar-refractivity contribution in [2.75, 3.05) is 0 Å². The maximum Gasteiger partial charge on any atom is 0.416 e. The number of hydrogen-bond donors (Lipinski definition) is 1. The van der Waals surface area contributed by atoms with E-state index in [1.54, 1.807) is 6.92 Å². The Bertz CT molecular complexity index is 952. The van der Waals surface area contributed by atoms with Crippen molar-refractivity contribution < 1.29 is 26.8 Å². The Morgan fingerprint density at radius 3 is 2.41 bits per heavy atom. The lowest BCUT2D eigenvalue weighted by Crippen LogP contribution is -2.31. The van der Waals surface area contributed by atoms with Gasteiger partial charge in [-0.1, -0.05) is 12.1 Å². The zero-order valence-electron chi connectivity index (χ0n) is 13.9. The molecule has 1 amide bonds. The first-order chi connectivity index (χ1) is 12.8. The van der Waals surface area contributed by atoms with E-state index in [1.807, 2.05) is 0 Å². The van der Waals surface area contributed by atoms with Crippen LogP contribution in [-0.4, -0.2) is 15.9 Å². The number of benzene rings is 1. The van der Waals surface area contributed by atoms with Gasteiger partial charge in [0.25, 0.3) is 5.91 Å². The van der Waals surface area contributed by atoms with Crippen molar-refractivity contribution in [2.24, 2.45) is 0 Å². The van der Waals surface area contributed by atoms with Crippen LogP contribution in [0, 0.1) is 12.7 Å². The van der Waals surface area contributed by atoms with E-state index in [2.05, 4.69) is 15.3 Å². The molecule has 3 aromatic rings. The summed E-state index contributed by atoms with van der Waals surface area (Å²) in [5.74, 6) is -1.49. The van der Waals surface area contributed by atoms with E-state index in [-0.39, 0.29) is 17.0 Å². The first-order valence-electron chi connectivity index (χ1n) is 7.76. The second-order valence-corrected chi connectivity index (χ2v) is 5.66. The molecule has 5 nitrogen and oxygen atoms in total. The fraction of sp³-hybridized carbons (Fsp3) is 0.167. The normalized spacial score (nSPS) is 12.6. The number of rotatable bonds is 4. The van der Waals surface area contributed by atoms with Gasteiger partial charge in [0.2, 0.25) is 5.76 Å². The van der Waals surface area contributed by atoms with Crippen LogP contribution in [-0.2, 0) is 6.18 Å². The second kappa shape index (κ2) is 7.18. The third-order valence-electron chi connectivity index (χ3n) is 3.86. The summed E-state index contributed by atoms with van der Waals surface area (Å²) in [6, 6.07) is 5.43. The highest BCUT2D eigenvalue weighted by molar-refractivity contribution is 5.92. The Kier molecular flexibility index (Phi) is 4.93. The largest absolute Gasteiger partial charge is 0.438 e. The van der Waals surface area contributed by atoms with Gasteiger partial charge in [-0.2, -0.15) is 13.2 Å². The molecule has 0 spiro atoms. The SMILES string of the molecule is Cc1ncoc1C(=O)N[C@@H](c1ccc(C(F)(F)F)cc1)c1ncccc1F. The highest BCUT2D eigenvalue weighted by Gasteiger charge is 2.31. The number of carbonyl (C=O) groups is 1. The number of amides is 1. The second-order valence-electron chi connectivity index (χ2n) is 5.66. The number of nitrogens with zero attached hydrogens (tertiary/aromatic N) is 2. The summed E-state index contributed by atoms with van der Waals surface area (Å²) in [5, 5.41) is 2.54. The maximum atomic E-state index is 14.2. The average Bonchev–Trinajstić information content (AvgIpc) is 3.06. The highest BCUT2D eigenvalue weighted by atomic mass is 19.4. The summed E-state index contributed by atoms with van der Waals surface area (Å²) in [6.07, 6.45) is -2.11. The monoisotopic (exact) mass is 379 g/mol. The molecule has 2 heterocycles. The molecule has 0 saturated carbocycles. The minimum atomic E-state index is -4.51. The molecular formula is C18H13F4N3O2. The maximum absolute atomic E-state index is 14.2. The standard InChI is InChI=1S/C18H13F4N3O2/c1-10-16(27-9-24-10)17(26)25-14(15-13(19)3-2-8-23-15)11-4-6-12(7-5-11)18(20,21)22/h2-9,14H,1H3,(H,25,26)/t14-/m0/s1. The molecule has 0 unspecified atom stereocenters. The Morgan fingerprint density at radius 2 is 1.85 bits per heavy atom. The summed E-state index contributed by atoms with van der Waals surface area (Å²) in [5.41, 5.74) is -0.446. The molecule has 3 rings (SSSR count). The fourth-order valence-electron chi connectivity index (χ4n) is 2.50. The van der Waals surface area contributed by atoms with Gasteiger partial charge < -0.3 is 9.73 Å². The van der Waals surface area contributed by atoms with Gasteiger partial charge in [0, 0.05) is 6.20 Å². The van der Waals surface area contributed by atoms with E-state index in [9.17, 15) is 22.4 Å². The molecule has 140 valence electrons. The van der Waals surface area contributed by atoms with Crippen LogP contribution in [0.15, 0.2) is 53.4 Å². The smallest absolute Gasteiger partial charge is 0.416 e. The number of halogens is 4. The Hall–Kier alpha value is -3.23. The Labute approximate surface area is 151 Å². The lowest BCUT2D eigenvalue weighted by atomic mass is 10.0. The molecule has 0 radical (unpaired) electrons. The lowest BCUT2D eigenvalue weighted by Gasteiger charge is -2.19. The number of nitrogens with one attached hydrogen (secondary N) is 1. The molecule has 0 saturated heterocycles. The van der Waals surface area contributed by atoms with Crippen LogP contribution in [0.25, 0.3) is 0 Å². The van der Waals surface area contributed by atoms with E-state index in [4.69, 9.17) is 4.42 Å². The predicted octanol–water partition coefficient (Wildman–Crippen LogP) is 4.06. The van der Waals surface area contributed by atoms with Crippen LogP contribution >= 0.6 is 0 Å². The Balaban J connectivity index is 1.99. The van der Waals surface area contributed by atoms with Gasteiger partial charge in [-0.15, -0.1) is 0 Å². The number of aromatic nitrogens is 2. The summed E-state index contributed by atoms with van der Waals surface area (Å²) in [6.45, 7) is 1.55. The topological polar surface area (TPSA) is 68.0 Å². The summed E-state index contributed by atoms with van der Waals surface area (Å²) >= 11 is 0. The molecule has 2 aromatic heterocycles. The van der Waals surface area contributed by atoms with Gasteiger partial charge in [-0.25, -0.2) is 9.37 Å². The molecule has 0 fully saturated rings. The number of oxazole rings is 1. The van der Waals surface area contributed by atoms with Crippen LogP contribution < -0.4 is 5.32 Å². The van der Waals surface area contributed by atoms with E-state index in [1.165, 1.54) is 12.3 Å². The van der Waals surface area contributed by atoms with Gasteiger partial charge >= 0.3 is 6.18 Å². The molecule has 1 aromatic carbocycles. The molecule has 1 N–H and O–H groups in total. The van der Waals surface area contributed by atoms with Crippen LogP contribution in [0.5, 0.6) is 0 Å². The van der Waals surface area contributed by atoms with Gasteiger partial charge in [-0.3, -0.25) is 9.78 Å². The van der Waals surface area contributed by atoms with Crippen molar-refractivity contribution >= 4 is 5.91 Å². The van der Waals surface area contributed by atoms with Crippen molar-refractivity contribution in [3.05, 3.63) is 83.1 Å². The summed E-state index contributed by atoms with van der Waals surface area (Å²) < 4.78 is 57.6. The first kappa shape index (κ1) is 18.6. The Morgan fingerprint density at radius 1 is 1.15 bits per heavy atom. The van der Waals surface area contributed by atoms with Gasteiger partial charge in [0.15, 0.2) is 6.39 Å². The molecule has 1 atom stereocenters. The minimum Gasteiger partial charge on any atom is -0.438 e. The quantitative estimate of drug-likeness (QED) is 0.695. The van der Waals surface area contributed by atoms with Crippen molar-refractivity contribution in [2.45, 2.75) is 19.1 Å². The molecule has 9 heteroatoms. The zero-order chi connectivity index (χ0) is 19.6. The van der Waals surface area contributed by atoms with E-state index < -0.39 is 29.5 Å². The fourth-order valence-corrected chi connectivity index (χ4v) is 2.50. The minimum absolute atomic E-state index is 0.0803. The van der Waals surface area contributed by atoms with E-state index >= 15 is 0 Å². The molecule has 0 aliphatic carbocycles. The summed E-state index contributed by atoms with van der Waals surface area (Å²) in [7, 11) is 0. The third-order valence-corrected chi connectivity index (χ3v) is 3.86. The van der Waals surface area contributed by atoms with Crippen LogP contribution in [0.2, 0.25) is 0 Å². The number of pyridine rings is 1. The molecular weight excluding hydrogens is 366 g/mol. The van der Waals surface area contributed by atoms with Crippen molar-refractivity contribution in [1.29, 1.82) is 0 Å². The molecule has 27 heavy (non-hydrogen) atoms. The molecule has 0 aliphatic rings. The van der Waals surface area contributed by atoms with E-state index in [0.717, 1.165) is 36.7 Å². The van der Waals surface area contributed by atoms with Crippen LogP contribution in [0.4, 0.5) is 17.6 Å². The predicted molar refractivity (Wildman–Crippen MR) is 86.2 cm³/mol. The van der Waals surface area contributed by atoms with Gasteiger partial charge in [-0.05, 0) is 36.8 Å².